The molecule has 0 aromatic heterocycles. The summed E-state index contributed by atoms with van der Waals surface area (Å²) in [6, 6.07) is 6.04. The quantitative estimate of drug-likeness (QED) is 0.665. The zero-order chi connectivity index (χ0) is 18.3. The number of halogens is 1. The third-order valence-corrected chi connectivity index (χ3v) is 6.15. The Morgan fingerprint density at radius 3 is 2.29 bits per heavy atom. The predicted molar refractivity (Wildman–Crippen MR) is 97.6 cm³/mol. The first-order valence-electron chi connectivity index (χ1n) is 8.25. The highest BCUT2D eigenvalue weighted by molar-refractivity contribution is 7.89. The molecule has 0 saturated heterocycles. The summed E-state index contributed by atoms with van der Waals surface area (Å²) in [5, 5.41) is 0.468. The van der Waals surface area contributed by atoms with Crippen LogP contribution in [0, 0.1) is 0 Å². The molecule has 0 aliphatic rings. The van der Waals surface area contributed by atoms with E-state index in [1.165, 1.54) is 31.3 Å². The summed E-state index contributed by atoms with van der Waals surface area (Å²) in [5.41, 5.74) is 0. The largest absolute Gasteiger partial charge is 0.339 e. The number of likely N-dealkylation sites (N-methyl/N-ethyl adjacent to an activating group) is 1. The van der Waals surface area contributed by atoms with E-state index < -0.39 is 10.0 Å². The van der Waals surface area contributed by atoms with Crippen molar-refractivity contribution in [2.45, 2.75) is 51.0 Å². The molecular weight excluding hydrogens is 348 g/mol. The van der Waals surface area contributed by atoms with Gasteiger partial charge in [0.2, 0.25) is 15.9 Å². The molecule has 0 heterocycles. The summed E-state index contributed by atoms with van der Waals surface area (Å²) in [4.78, 5) is 14.5. The van der Waals surface area contributed by atoms with E-state index in [1.54, 1.807) is 4.90 Å². The fraction of sp³-hybridized carbons (Fsp3) is 0.588. The Hall–Kier alpha value is -1.11. The van der Waals surface area contributed by atoms with Crippen LogP contribution < -0.4 is 0 Å². The average Bonchev–Trinajstić information content (AvgIpc) is 2.55. The van der Waals surface area contributed by atoms with Gasteiger partial charge in [0.05, 0.1) is 11.4 Å². The van der Waals surface area contributed by atoms with E-state index in [9.17, 15) is 13.2 Å². The maximum absolute atomic E-state index is 12.6. The van der Waals surface area contributed by atoms with Crippen LogP contribution in [0.2, 0.25) is 5.02 Å². The second kappa shape index (κ2) is 9.39. The van der Waals surface area contributed by atoms with Crippen LogP contribution in [0.25, 0.3) is 0 Å². The van der Waals surface area contributed by atoms with E-state index in [0.717, 1.165) is 23.6 Å². The number of hydrogen-bond donors (Lipinski definition) is 0. The molecule has 1 unspecified atom stereocenters. The lowest BCUT2D eigenvalue weighted by Crippen LogP contribution is -2.45. The Morgan fingerprint density at radius 1 is 1.21 bits per heavy atom. The molecule has 0 aliphatic heterocycles. The first-order chi connectivity index (χ1) is 11.2. The van der Waals surface area contributed by atoms with Crippen LogP contribution in [0.15, 0.2) is 29.2 Å². The van der Waals surface area contributed by atoms with Crippen LogP contribution in [0.5, 0.6) is 0 Å². The fourth-order valence-corrected chi connectivity index (χ4v) is 3.54. The molecule has 0 saturated carbocycles. The van der Waals surface area contributed by atoms with Crippen molar-refractivity contribution < 1.29 is 13.2 Å². The van der Waals surface area contributed by atoms with Gasteiger partial charge in [-0.3, -0.25) is 4.79 Å². The molecule has 0 spiro atoms. The zero-order valence-electron chi connectivity index (χ0n) is 14.8. The average molecular weight is 375 g/mol. The number of carbonyl (C=O) groups is 1. The minimum Gasteiger partial charge on any atom is -0.339 e. The standard InChI is InChI=1S/C17H27ClN2O3S/c1-5-7-12-20(14(3)6-2)17(21)13-19(4)24(22,23)16-10-8-15(18)9-11-16/h8-11,14H,5-7,12-13H2,1-4H3. The smallest absolute Gasteiger partial charge is 0.243 e. The molecule has 1 rings (SSSR count). The maximum atomic E-state index is 12.6. The molecule has 0 fully saturated rings. The van der Waals surface area contributed by atoms with Crippen molar-refractivity contribution in [3.8, 4) is 0 Å². The van der Waals surface area contributed by atoms with E-state index in [1.807, 2.05) is 13.8 Å². The lowest BCUT2D eigenvalue weighted by molar-refractivity contribution is -0.133. The summed E-state index contributed by atoms with van der Waals surface area (Å²) < 4.78 is 26.2. The van der Waals surface area contributed by atoms with Gasteiger partial charge in [-0.15, -0.1) is 0 Å². The lowest BCUT2D eigenvalue weighted by Gasteiger charge is -2.30. The fourth-order valence-electron chi connectivity index (χ4n) is 2.29. The first kappa shape index (κ1) is 20.9. The number of benzene rings is 1. The van der Waals surface area contributed by atoms with Gasteiger partial charge in [-0.25, -0.2) is 8.42 Å². The highest BCUT2D eigenvalue weighted by atomic mass is 35.5. The Labute approximate surface area is 150 Å². The first-order valence-corrected chi connectivity index (χ1v) is 10.1. The Kier molecular flexibility index (Phi) is 8.19. The van der Waals surface area contributed by atoms with E-state index >= 15 is 0 Å². The van der Waals surface area contributed by atoms with E-state index in [4.69, 9.17) is 11.6 Å². The summed E-state index contributed by atoms with van der Waals surface area (Å²) in [5.74, 6) is -0.169. The SMILES string of the molecule is CCCCN(C(=O)CN(C)S(=O)(=O)c1ccc(Cl)cc1)C(C)CC. The van der Waals surface area contributed by atoms with Gasteiger partial charge in [0.1, 0.15) is 0 Å². The number of nitrogens with zero attached hydrogens (tertiary/aromatic N) is 2. The summed E-state index contributed by atoms with van der Waals surface area (Å²) in [6.45, 7) is 6.56. The van der Waals surface area contributed by atoms with Gasteiger partial charge >= 0.3 is 0 Å². The Bertz CT molecular complexity index is 632. The van der Waals surface area contributed by atoms with Crippen LogP contribution in [0.3, 0.4) is 0 Å². The third kappa shape index (κ3) is 5.46. The molecule has 5 nitrogen and oxygen atoms in total. The van der Waals surface area contributed by atoms with E-state index in [-0.39, 0.29) is 23.4 Å². The minimum atomic E-state index is -3.71. The molecule has 136 valence electrons. The van der Waals surface area contributed by atoms with Crippen LogP contribution in [0.1, 0.15) is 40.0 Å². The van der Waals surface area contributed by atoms with Crippen molar-refractivity contribution in [1.29, 1.82) is 0 Å². The number of amides is 1. The monoisotopic (exact) mass is 374 g/mol. The Morgan fingerprint density at radius 2 is 1.79 bits per heavy atom. The van der Waals surface area contributed by atoms with Crippen LogP contribution in [0.4, 0.5) is 0 Å². The maximum Gasteiger partial charge on any atom is 0.243 e. The van der Waals surface area contributed by atoms with Gasteiger partial charge in [-0.05, 0) is 44.0 Å². The molecule has 1 amide bonds. The van der Waals surface area contributed by atoms with E-state index in [0.29, 0.717) is 11.6 Å². The second-order valence-electron chi connectivity index (χ2n) is 5.91. The van der Waals surface area contributed by atoms with Gasteiger partial charge in [0.15, 0.2) is 0 Å². The van der Waals surface area contributed by atoms with Crippen LogP contribution in [-0.4, -0.2) is 49.7 Å². The molecule has 0 radical (unpaired) electrons. The molecule has 7 heteroatoms. The number of sulfonamides is 1. The third-order valence-electron chi connectivity index (χ3n) is 4.08. The van der Waals surface area contributed by atoms with Gasteiger partial charge in [-0.2, -0.15) is 4.31 Å². The molecule has 1 aromatic rings. The number of carbonyl (C=O) groups excluding carboxylic acids is 1. The van der Waals surface area contributed by atoms with E-state index in [2.05, 4.69) is 6.92 Å². The van der Waals surface area contributed by atoms with Gasteiger partial charge in [0.25, 0.3) is 0 Å². The molecule has 24 heavy (non-hydrogen) atoms. The minimum absolute atomic E-state index is 0.0932. The molecule has 1 atom stereocenters. The molecule has 0 bridgehead atoms. The molecule has 0 N–H and O–H groups in total. The van der Waals surface area contributed by atoms with Crippen molar-refractivity contribution in [1.82, 2.24) is 9.21 Å². The topological polar surface area (TPSA) is 57.7 Å². The Balaban J connectivity index is 2.88. The summed E-state index contributed by atoms with van der Waals surface area (Å²) in [7, 11) is -2.28. The van der Waals surface area contributed by atoms with Gasteiger partial charge < -0.3 is 4.90 Å². The highest BCUT2D eigenvalue weighted by Crippen LogP contribution is 2.18. The molecular formula is C17H27ClN2O3S. The van der Waals surface area contributed by atoms with Crippen molar-refractivity contribution >= 4 is 27.5 Å². The van der Waals surface area contributed by atoms with Gasteiger partial charge in [-0.1, -0.05) is 31.9 Å². The molecule has 1 aromatic carbocycles. The second-order valence-corrected chi connectivity index (χ2v) is 8.39. The number of rotatable bonds is 9. The normalized spacial score (nSPS) is 13.1. The predicted octanol–water partition coefficient (Wildman–Crippen LogP) is 3.39. The highest BCUT2D eigenvalue weighted by Gasteiger charge is 2.26. The van der Waals surface area contributed by atoms with Crippen molar-refractivity contribution in [2.24, 2.45) is 0 Å². The lowest BCUT2D eigenvalue weighted by atomic mass is 10.2. The summed E-state index contributed by atoms with van der Waals surface area (Å²) in [6.07, 6.45) is 2.73. The number of unbranched alkanes of at least 4 members (excludes halogenated alkanes) is 1. The van der Waals surface area contributed by atoms with Crippen LogP contribution >= 0.6 is 11.6 Å². The van der Waals surface area contributed by atoms with Crippen molar-refractivity contribution in [3.05, 3.63) is 29.3 Å². The summed E-state index contributed by atoms with van der Waals surface area (Å²) >= 11 is 5.80. The van der Waals surface area contributed by atoms with Crippen molar-refractivity contribution in [3.63, 3.8) is 0 Å². The van der Waals surface area contributed by atoms with Crippen LogP contribution in [-0.2, 0) is 14.8 Å². The van der Waals surface area contributed by atoms with Gasteiger partial charge in [0, 0.05) is 24.7 Å². The van der Waals surface area contributed by atoms with Crippen molar-refractivity contribution in [2.75, 3.05) is 20.1 Å². The zero-order valence-corrected chi connectivity index (χ0v) is 16.4. The number of hydrogen-bond acceptors (Lipinski definition) is 3. The molecule has 0 aliphatic carbocycles.